The van der Waals surface area contributed by atoms with E-state index in [4.69, 9.17) is 20.9 Å². The Balaban J connectivity index is 1.79. The van der Waals surface area contributed by atoms with E-state index in [1.54, 1.807) is 0 Å². The topological polar surface area (TPSA) is 70.2 Å². The number of halogens is 2. The molecule has 0 amide bonds. The van der Waals surface area contributed by atoms with E-state index in [9.17, 15) is 9.18 Å². The van der Waals surface area contributed by atoms with E-state index < -0.39 is 5.82 Å². The van der Waals surface area contributed by atoms with Crippen LogP contribution in [0.3, 0.4) is 0 Å². The zero-order valence-corrected chi connectivity index (χ0v) is 12.6. The molecular weight excluding hydrogens is 325 g/mol. The molecule has 3 aromatic rings. The summed E-state index contributed by atoms with van der Waals surface area (Å²) in [5.41, 5.74) is 1.09. The zero-order chi connectivity index (χ0) is 16.0. The van der Waals surface area contributed by atoms with Gasteiger partial charge in [-0.05, 0) is 12.1 Å². The Morgan fingerprint density at radius 3 is 3.13 bits per heavy atom. The van der Waals surface area contributed by atoms with Gasteiger partial charge in [0.15, 0.2) is 5.82 Å². The van der Waals surface area contributed by atoms with Crippen molar-refractivity contribution in [3.8, 4) is 0 Å². The summed E-state index contributed by atoms with van der Waals surface area (Å²) in [5, 5.41) is 4.29. The maximum atomic E-state index is 13.8. The van der Waals surface area contributed by atoms with Crippen LogP contribution in [0.15, 0.2) is 27.8 Å². The van der Waals surface area contributed by atoms with Gasteiger partial charge in [0, 0.05) is 17.0 Å². The van der Waals surface area contributed by atoms with Crippen LogP contribution in [0.4, 0.5) is 4.39 Å². The summed E-state index contributed by atoms with van der Waals surface area (Å²) in [4.78, 5) is 16.6. The van der Waals surface area contributed by atoms with Gasteiger partial charge in [0.05, 0.1) is 31.5 Å². The fourth-order valence-electron chi connectivity index (χ4n) is 2.67. The predicted octanol–water partition coefficient (Wildman–Crippen LogP) is 2.30. The molecular formula is C15H11ClFN3O3. The average molecular weight is 336 g/mol. The van der Waals surface area contributed by atoms with Crippen LogP contribution in [-0.4, -0.2) is 21.3 Å². The van der Waals surface area contributed by atoms with Gasteiger partial charge in [0.2, 0.25) is 0 Å². The van der Waals surface area contributed by atoms with E-state index in [-0.39, 0.29) is 28.0 Å². The Bertz CT molecular complexity index is 966. The lowest BCUT2D eigenvalue weighted by Gasteiger charge is -2.11. The lowest BCUT2D eigenvalue weighted by atomic mass is 10.1. The molecule has 8 heteroatoms. The summed E-state index contributed by atoms with van der Waals surface area (Å²) < 4.78 is 25.8. The van der Waals surface area contributed by atoms with Crippen molar-refractivity contribution < 1.29 is 13.7 Å². The minimum atomic E-state index is -0.621. The van der Waals surface area contributed by atoms with E-state index in [2.05, 4.69) is 10.1 Å². The van der Waals surface area contributed by atoms with Crippen LogP contribution >= 0.6 is 11.6 Å². The molecule has 23 heavy (non-hydrogen) atoms. The molecule has 0 saturated carbocycles. The third-order valence-electron chi connectivity index (χ3n) is 3.84. The summed E-state index contributed by atoms with van der Waals surface area (Å²) in [7, 11) is 0. The second kappa shape index (κ2) is 5.43. The zero-order valence-electron chi connectivity index (χ0n) is 11.9. The minimum absolute atomic E-state index is 0.00108. The fourth-order valence-corrected chi connectivity index (χ4v) is 2.88. The summed E-state index contributed by atoms with van der Waals surface area (Å²) >= 11 is 5.83. The molecule has 6 nitrogen and oxygen atoms in total. The van der Waals surface area contributed by atoms with Gasteiger partial charge in [-0.2, -0.15) is 0 Å². The van der Waals surface area contributed by atoms with Gasteiger partial charge in [0.1, 0.15) is 17.0 Å². The quantitative estimate of drug-likeness (QED) is 0.718. The molecule has 0 radical (unpaired) electrons. The molecule has 0 atom stereocenters. The molecule has 0 unspecified atom stereocenters. The van der Waals surface area contributed by atoms with Crippen molar-refractivity contribution in [1.82, 2.24) is 14.7 Å². The number of rotatable bonds is 2. The van der Waals surface area contributed by atoms with Crippen LogP contribution in [0.2, 0.25) is 5.02 Å². The first kappa shape index (κ1) is 14.3. The second-order valence-electron chi connectivity index (χ2n) is 5.29. The van der Waals surface area contributed by atoms with Crippen molar-refractivity contribution in [3.05, 3.63) is 56.7 Å². The standard InChI is InChI=1S/C15H11ClFN3O3/c16-8-3-9-14(11(17)4-8)18-7-20(15(9)21)5-12-10-6-22-2-1-13(10)23-19-12/h3-4,7H,1-2,5-6H2. The molecule has 0 fully saturated rings. The fraction of sp³-hybridized carbons (Fsp3) is 0.267. The van der Waals surface area contributed by atoms with Crippen LogP contribution in [0, 0.1) is 5.82 Å². The van der Waals surface area contributed by atoms with Crippen molar-refractivity contribution in [1.29, 1.82) is 0 Å². The summed E-state index contributed by atoms with van der Waals surface area (Å²) in [6.07, 6.45) is 1.96. The second-order valence-corrected chi connectivity index (χ2v) is 5.73. The Kier molecular flexibility index (Phi) is 3.39. The molecule has 1 aliphatic rings. The van der Waals surface area contributed by atoms with Gasteiger partial charge in [0.25, 0.3) is 5.56 Å². The third-order valence-corrected chi connectivity index (χ3v) is 4.05. The van der Waals surface area contributed by atoms with Crippen molar-refractivity contribution in [2.24, 2.45) is 0 Å². The molecule has 0 spiro atoms. The SMILES string of the molecule is O=c1c2cc(Cl)cc(F)c2ncn1Cc1noc2c1COCC2. The van der Waals surface area contributed by atoms with Gasteiger partial charge in [-0.3, -0.25) is 9.36 Å². The van der Waals surface area contributed by atoms with Crippen molar-refractivity contribution in [2.75, 3.05) is 6.61 Å². The molecule has 2 aromatic heterocycles. The molecule has 0 saturated heterocycles. The molecule has 3 heterocycles. The highest BCUT2D eigenvalue weighted by molar-refractivity contribution is 6.31. The first-order valence-electron chi connectivity index (χ1n) is 7.01. The van der Waals surface area contributed by atoms with Crippen LogP contribution in [0.5, 0.6) is 0 Å². The molecule has 1 aliphatic heterocycles. The molecule has 0 aliphatic carbocycles. The van der Waals surface area contributed by atoms with Crippen LogP contribution in [0.1, 0.15) is 17.0 Å². The Hall–Kier alpha value is -2.25. The third kappa shape index (κ3) is 2.42. The molecule has 118 valence electrons. The van der Waals surface area contributed by atoms with Gasteiger partial charge in [-0.25, -0.2) is 9.37 Å². The van der Waals surface area contributed by atoms with Gasteiger partial charge in [-0.15, -0.1) is 0 Å². The smallest absolute Gasteiger partial charge is 0.261 e. The minimum Gasteiger partial charge on any atom is -0.376 e. The van der Waals surface area contributed by atoms with E-state index in [1.165, 1.54) is 17.0 Å². The number of fused-ring (bicyclic) bond motifs is 2. The highest BCUT2D eigenvalue weighted by Gasteiger charge is 2.20. The van der Waals surface area contributed by atoms with Crippen LogP contribution in [0.25, 0.3) is 10.9 Å². The summed E-state index contributed by atoms with van der Waals surface area (Å²) in [6, 6.07) is 2.54. The summed E-state index contributed by atoms with van der Waals surface area (Å²) in [5.74, 6) is 0.158. The molecule has 4 rings (SSSR count). The normalized spacial score (nSPS) is 14.2. The largest absolute Gasteiger partial charge is 0.376 e. The van der Waals surface area contributed by atoms with Crippen molar-refractivity contribution in [2.45, 2.75) is 19.6 Å². The number of hydrogen-bond acceptors (Lipinski definition) is 5. The average Bonchev–Trinajstić information content (AvgIpc) is 2.94. The highest BCUT2D eigenvalue weighted by atomic mass is 35.5. The lowest BCUT2D eigenvalue weighted by molar-refractivity contribution is 0.102. The van der Waals surface area contributed by atoms with Crippen LogP contribution in [-0.2, 0) is 24.3 Å². The Morgan fingerprint density at radius 1 is 1.39 bits per heavy atom. The van der Waals surface area contributed by atoms with Crippen LogP contribution < -0.4 is 5.56 Å². The molecule has 1 aromatic carbocycles. The predicted molar refractivity (Wildman–Crippen MR) is 79.9 cm³/mol. The molecule has 0 bridgehead atoms. The number of ether oxygens (including phenoxy) is 1. The van der Waals surface area contributed by atoms with E-state index >= 15 is 0 Å². The number of aromatic nitrogens is 3. The van der Waals surface area contributed by atoms with E-state index in [0.717, 1.165) is 17.4 Å². The number of benzene rings is 1. The van der Waals surface area contributed by atoms with Gasteiger partial charge < -0.3 is 9.26 Å². The van der Waals surface area contributed by atoms with E-state index in [0.29, 0.717) is 25.3 Å². The number of hydrogen-bond donors (Lipinski definition) is 0. The first-order valence-corrected chi connectivity index (χ1v) is 7.39. The number of nitrogens with zero attached hydrogens (tertiary/aromatic N) is 3. The monoisotopic (exact) mass is 335 g/mol. The van der Waals surface area contributed by atoms with Crippen molar-refractivity contribution >= 4 is 22.5 Å². The Labute approximate surface area is 134 Å². The summed E-state index contributed by atoms with van der Waals surface area (Å²) in [6.45, 7) is 1.18. The first-order chi connectivity index (χ1) is 11.1. The lowest BCUT2D eigenvalue weighted by Crippen LogP contribution is -2.22. The Morgan fingerprint density at radius 2 is 2.26 bits per heavy atom. The van der Waals surface area contributed by atoms with E-state index in [1.807, 2.05) is 0 Å². The maximum Gasteiger partial charge on any atom is 0.261 e. The van der Waals surface area contributed by atoms with Gasteiger partial charge in [-0.1, -0.05) is 16.8 Å². The maximum absolute atomic E-state index is 13.8. The van der Waals surface area contributed by atoms with Crippen molar-refractivity contribution in [3.63, 3.8) is 0 Å². The molecule has 0 N–H and O–H groups in total. The van der Waals surface area contributed by atoms with Gasteiger partial charge >= 0.3 is 0 Å². The highest BCUT2D eigenvalue weighted by Crippen LogP contribution is 2.22.